The summed E-state index contributed by atoms with van der Waals surface area (Å²) >= 11 is 0. The SMILES string of the molecule is COc1ccc(OC2CCCC(OC)C2)c(CC(C)N)c1. The van der Waals surface area contributed by atoms with Crippen LogP contribution in [0.3, 0.4) is 0 Å². The van der Waals surface area contributed by atoms with E-state index in [9.17, 15) is 0 Å². The third-order valence-electron chi connectivity index (χ3n) is 4.01. The summed E-state index contributed by atoms with van der Waals surface area (Å²) in [6.07, 6.45) is 5.66. The monoisotopic (exact) mass is 293 g/mol. The molecule has 0 aromatic heterocycles. The molecule has 4 nitrogen and oxygen atoms in total. The lowest BCUT2D eigenvalue weighted by Gasteiger charge is -2.29. The Bertz CT molecular complexity index is 448. The topological polar surface area (TPSA) is 53.7 Å². The van der Waals surface area contributed by atoms with Crippen molar-refractivity contribution >= 4 is 0 Å². The summed E-state index contributed by atoms with van der Waals surface area (Å²) in [5.41, 5.74) is 7.06. The lowest BCUT2D eigenvalue weighted by molar-refractivity contribution is 0.0206. The van der Waals surface area contributed by atoms with E-state index in [1.807, 2.05) is 25.1 Å². The third-order valence-corrected chi connectivity index (χ3v) is 4.01. The van der Waals surface area contributed by atoms with Crippen LogP contribution in [0.4, 0.5) is 0 Å². The van der Waals surface area contributed by atoms with Crippen molar-refractivity contribution < 1.29 is 14.2 Å². The van der Waals surface area contributed by atoms with Gasteiger partial charge in [0.1, 0.15) is 17.6 Å². The first-order valence-electron chi connectivity index (χ1n) is 7.74. The predicted octanol–water partition coefficient (Wildman–Crippen LogP) is 2.92. The lowest BCUT2D eigenvalue weighted by atomic mass is 9.94. The molecular weight excluding hydrogens is 266 g/mol. The summed E-state index contributed by atoms with van der Waals surface area (Å²) in [6, 6.07) is 6.05. The molecule has 118 valence electrons. The van der Waals surface area contributed by atoms with E-state index in [-0.39, 0.29) is 12.1 Å². The van der Waals surface area contributed by atoms with E-state index in [0.29, 0.717) is 6.10 Å². The molecule has 0 aliphatic heterocycles. The van der Waals surface area contributed by atoms with E-state index in [2.05, 4.69) is 0 Å². The number of rotatable bonds is 6. The average Bonchev–Trinajstić information content (AvgIpc) is 2.48. The number of benzene rings is 1. The minimum Gasteiger partial charge on any atom is -0.497 e. The minimum atomic E-state index is 0.0949. The van der Waals surface area contributed by atoms with Crippen LogP contribution in [0.15, 0.2) is 18.2 Å². The van der Waals surface area contributed by atoms with Crippen LogP contribution in [0, 0.1) is 0 Å². The summed E-state index contributed by atoms with van der Waals surface area (Å²) < 4.78 is 17.0. The van der Waals surface area contributed by atoms with E-state index < -0.39 is 0 Å². The van der Waals surface area contributed by atoms with Crippen LogP contribution < -0.4 is 15.2 Å². The first-order chi connectivity index (χ1) is 10.1. The molecule has 0 spiro atoms. The standard InChI is InChI=1S/C17H27NO3/c1-12(18)9-13-10-15(20-3)7-8-17(13)21-16-6-4-5-14(11-16)19-2/h7-8,10,12,14,16H,4-6,9,11,18H2,1-3H3. The molecule has 0 amide bonds. The molecule has 3 atom stereocenters. The van der Waals surface area contributed by atoms with E-state index in [1.165, 1.54) is 0 Å². The molecule has 4 heteroatoms. The summed E-state index contributed by atoms with van der Waals surface area (Å²) in [6.45, 7) is 2.00. The van der Waals surface area contributed by atoms with Gasteiger partial charge in [-0.15, -0.1) is 0 Å². The van der Waals surface area contributed by atoms with Gasteiger partial charge in [0.2, 0.25) is 0 Å². The Kier molecular flexibility index (Phi) is 5.88. The molecule has 21 heavy (non-hydrogen) atoms. The smallest absolute Gasteiger partial charge is 0.123 e. The number of nitrogens with two attached hydrogens (primary N) is 1. The highest BCUT2D eigenvalue weighted by atomic mass is 16.5. The Hall–Kier alpha value is -1.26. The van der Waals surface area contributed by atoms with Crippen molar-refractivity contribution in [2.75, 3.05) is 14.2 Å². The van der Waals surface area contributed by atoms with Crippen LogP contribution >= 0.6 is 0 Å². The average molecular weight is 293 g/mol. The quantitative estimate of drug-likeness (QED) is 0.876. The van der Waals surface area contributed by atoms with Crippen molar-refractivity contribution in [1.82, 2.24) is 0 Å². The molecule has 0 bridgehead atoms. The van der Waals surface area contributed by atoms with Gasteiger partial charge >= 0.3 is 0 Å². The zero-order chi connectivity index (χ0) is 15.2. The van der Waals surface area contributed by atoms with E-state index >= 15 is 0 Å². The van der Waals surface area contributed by atoms with Crippen molar-refractivity contribution in [1.29, 1.82) is 0 Å². The first-order valence-corrected chi connectivity index (χ1v) is 7.74. The lowest BCUT2D eigenvalue weighted by Crippen LogP contribution is -2.30. The van der Waals surface area contributed by atoms with E-state index in [0.717, 1.165) is 49.2 Å². The van der Waals surface area contributed by atoms with Gasteiger partial charge < -0.3 is 19.9 Å². The first kappa shape index (κ1) is 16.1. The summed E-state index contributed by atoms with van der Waals surface area (Å²) in [5, 5.41) is 0. The fraction of sp³-hybridized carbons (Fsp3) is 0.647. The molecule has 0 heterocycles. The van der Waals surface area contributed by atoms with Gasteiger partial charge in [-0.2, -0.15) is 0 Å². The second-order valence-electron chi connectivity index (χ2n) is 5.92. The maximum atomic E-state index is 6.23. The summed E-state index contributed by atoms with van der Waals surface area (Å²) in [4.78, 5) is 0. The summed E-state index contributed by atoms with van der Waals surface area (Å²) in [5.74, 6) is 1.77. The minimum absolute atomic E-state index is 0.0949. The van der Waals surface area contributed by atoms with E-state index in [1.54, 1.807) is 14.2 Å². The third kappa shape index (κ3) is 4.61. The molecule has 1 saturated carbocycles. The number of ether oxygens (including phenoxy) is 3. The highest BCUT2D eigenvalue weighted by Crippen LogP contribution is 2.30. The molecular formula is C17H27NO3. The molecule has 1 aliphatic carbocycles. The van der Waals surface area contributed by atoms with Crippen molar-refractivity contribution in [2.24, 2.45) is 5.73 Å². The zero-order valence-corrected chi connectivity index (χ0v) is 13.3. The Balaban J connectivity index is 2.10. The Morgan fingerprint density at radius 1 is 1.24 bits per heavy atom. The Labute approximate surface area is 127 Å². The van der Waals surface area contributed by atoms with Gasteiger partial charge in [-0.1, -0.05) is 0 Å². The van der Waals surface area contributed by atoms with Crippen molar-refractivity contribution in [3.05, 3.63) is 23.8 Å². The Morgan fingerprint density at radius 2 is 2.00 bits per heavy atom. The normalized spacial score (nSPS) is 23.6. The molecule has 2 rings (SSSR count). The highest BCUT2D eigenvalue weighted by Gasteiger charge is 2.24. The molecule has 0 saturated heterocycles. The molecule has 0 radical (unpaired) electrons. The number of methoxy groups -OCH3 is 2. The molecule has 1 aliphatic rings. The van der Waals surface area contributed by atoms with Crippen LogP contribution in [0.5, 0.6) is 11.5 Å². The maximum absolute atomic E-state index is 6.23. The van der Waals surface area contributed by atoms with Gasteiger partial charge in [0.05, 0.1) is 13.2 Å². The van der Waals surface area contributed by atoms with Crippen molar-refractivity contribution in [3.63, 3.8) is 0 Å². The van der Waals surface area contributed by atoms with Crippen LogP contribution in [-0.4, -0.2) is 32.5 Å². The summed E-state index contributed by atoms with van der Waals surface area (Å²) in [7, 11) is 3.46. The number of hydrogen-bond donors (Lipinski definition) is 1. The van der Waals surface area contributed by atoms with Crippen LogP contribution in [0.25, 0.3) is 0 Å². The highest BCUT2D eigenvalue weighted by molar-refractivity contribution is 5.41. The molecule has 1 aromatic rings. The van der Waals surface area contributed by atoms with Gasteiger partial charge in [-0.05, 0) is 56.4 Å². The van der Waals surface area contributed by atoms with Crippen LogP contribution in [-0.2, 0) is 11.2 Å². The Morgan fingerprint density at radius 3 is 2.67 bits per heavy atom. The molecule has 1 aromatic carbocycles. The van der Waals surface area contributed by atoms with Gasteiger partial charge in [0.25, 0.3) is 0 Å². The fourth-order valence-corrected chi connectivity index (χ4v) is 2.91. The fourth-order valence-electron chi connectivity index (χ4n) is 2.91. The largest absolute Gasteiger partial charge is 0.497 e. The predicted molar refractivity (Wildman–Crippen MR) is 84.0 cm³/mol. The molecule has 3 unspecified atom stereocenters. The second kappa shape index (κ2) is 7.66. The van der Waals surface area contributed by atoms with Gasteiger partial charge in [-0.3, -0.25) is 0 Å². The number of hydrogen-bond acceptors (Lipinski definition) is 4. The maximum Gasteiger partial charge on any atom is 0.123 e. The van der Waals surface area contributed by atoms with Gasteiger partial charge in [0.15, 0.2) is 0 Å². The zero-order valence-electron chi connectivity index (χ0n) is 13.3. The van der Waals surface area contributed by atoms with Gasteiger partial charge in [0, 0.05) is 19.6 Å². The van der Waals surface area contributed by atoms with Crippen molar-refractivity contribution in [2.45, 2.75) is 57.3 Å². The molecule has 2 N–H and O–H groups in total. The van der Waals surface area contributed by atoms with Crippen molar-refractivity contribution in [3.8, 4) is 11.5 Å². The van der Waals surface area contributed by atoms with Crippen LogP contribution in [0.1, 0.15) is 38.2 Å². The van der Waals surface area contributed by atoms with Crippen LogP contribution in [0.2, 0.25) is 0 Å². The van der Waals surface area contributed by atoms with Gasteiger partial charge in [-0.25, -0.2) is 0 Å². The second-order valence-corrected chi connectivity index (χ2v) is 5.92. The van der Waals surface area contributed by atoms with E-state index in [4.69, 9.17) is 19.9 Å². The molecule has 1 fully saturated rings.